The summed E-state index contributed by atoms with van der Waals surface area (Å²) in [5.74, 6) is 1.48. The normalized spacial score (nSPS) is 13.2. The molecule has 0 amide bonds. The number of hydrogen-bond acceptors (Lipinski definition) is 4. The second kappa shape index (κ2) is 6.28. The van der Waals surface area contributed by atoms with Gasteiger partial charge in [-0.2, -0.15) is 0 Å². The number of benzene rings is 2. The van der Waals surface area contributed by atoms with Crippen molar-refractivity contribution >= 4 is 16.5 Å². The monoisotopic (exact) mass is 334 g/mol. The molecule has 1 aliphatic rings. The van der Waals surface area contributed by atoms with Crippen molar-refractivity contribution in [3.63, 3.8) is 0 Å². The average molecular weight is 334 g/mol. The van der Waals surface area contributed by atoms with Gasteiger partial charge in [0.1, 0.15) is 0 Å². The lowest BCUT2D eigenvalue weighted by Gasteiger charge is -2.13. The number of methoxy groups -OCH3 is 2. The van der Waals surface area contributed by atoms with Gasteiger partial charge in [0, 0.05) is 37.1 Å². The maximum absolute atomic E-state index is 5.47. The molecular formula is C21H22N2O2. The van der Waals surface area contributed by atoms with Gasteiger partial charge in [0.15, 0.2) is 11.5 Å². The Labute approximate surface area is 148 Å². The summed E-state index contributed by atoms with van der Waals surface area (Å²) in [4.78, 5) is 6.74. The minimum atomic E-state index is 0.731. The van der Waals surface area contributed by atoms with E-state index in [1.54, 1.807) is 14.2 Å². The lowest BCUT2D eigenvalue weighted by atomic mass is 9.98. The summed E-state index contributed by atoms with van der Waals surface area (Å²) in [6.45, 7) is 1.10. The van der Waals surface area contributed by atoms with Crippen LogP contribution >= 0.6 is 0 Å². The van der Waals surface area contributed by atoms with Crippen molar-refractivity contribution in [1.29, 1.82) is 0 Å². The van der Waals surface area contributed by atoms with Crippen LogP contribution in [0.5, 0.6) is 11.5 Å². The van der Waals surface area contributed by atoms with E-state index in [0.717, 1.165) is 41.7 Å². The Balaban J connectivity index is 1.74. The molecule has 0 unspecified atom stereocenters. The third-order valence-electron chi connectivity index (χ3n) is 5.01. The van der Waals surface area contributed by atoms with Gasteiger partial charge in [-0.15, -0.1) is 0 Å². The standard InChI is InChI=1S/C21H22N2O2/c1-23-7-6-15-8-14(4-5-19(15)23)9-16-12-22-13-17-10-20(24-2)21(25-3)11-18(16)17/h4-5,8,10-13H,6-7,9H2,1-3H3. The Bertz CT molecular complexity index is 937. The summed E-state index contributed by atoms with van der Waals surface area (Å²) in [6, 6.07) is 10.8. The Kier molecular flexibility index (Phi) is 3.96. The third kappa shape index (κ3) is 2.78. The van der Waals surface area contributed by atoms with Crippen LogP contribution in [0.15, 0.2) is 42.7 Å². The molecule has 0 N–H and O–H groups in total. The summed E-state index contributed by atoms with van der Waals surface area (Å²) < 4.78 is 10.9. The average Bonchev–Trinajstić information content (AvgIpc) is 3.01. The van der Waals surface area contributed by atoms with E-state index in [0.29, 0.717) is 0 Å². The highest BCUT2D eigenvalue weighted by Crippen LogP contribution is 2.34. The van der Waals surface area contributed by atoms with E-state index in [9.17, 15) is 0 Å². The largest absolute Gasteiger partial charge is 0.493 e. The molecule has 2 heterocycles. The van der Waals surface area contributed by atoms with Gasteiger partial charge in [-0.05, 0) is 53.1 Å². The molecule has 0 saturated heterocycles. The van der Waals surface area contributed by atoms with Crippen molar-refractivity contribution < 1.29 is 9.47 Å². The molecular weight excluding hydrogens is 312 g/mol. The fraction of sp³-hybridized carbons (Fsp3) is 0.286. The van der Waals surface area contributed by atoms with Crippen LogP contribution < -0.4 is 14.4 Å². The Morgan fingerprint density at radius 2 is 1.84 bits per heavy atom. The Morgan fingerprint density at radius 3 is 2.64 bits per heavy atom. The number of fused-ring (bicyclic) bond motifs is 2. The van der Waals surface area contributed by atoms with Crippen molar-refractivity contribution in [1.82, 2.24) is 4.98 Å². The maximum Gasteiger partial charge on any atom is 0.161 e. The van der Waals surface area contributed by atoms with Crippen LogP contribution in [-0.2, 0) is 12.8 Å². The van der Waals surface area contributed by atoms with E-state index >= 15 is 0 Å². The fourth-order valence-electron chi connectivity index (χ4n) is 3.65. The van der Waals surface area contributed by atoms with Crippen LogP contribution in [0, 0.1) is 0 Å². The minimum Gasteiger partial charge on any atom is -0.493 e. The van der Waals surface area contributed by atoms with Crippen LogP contribution in [0.25, 0.3) is 10.8 Å². The van der Waals surface area contributed by atoms with E-state index in [1.807, 2.05) is 24.5 Å². The first-order chi connectivity index (χ1) is 12.2. The highest BCUT2D eigenvalue weighted by atomic mass is 16.5. The number of likely N-dealkylation sites (N-methyl/N-ethyl adjacent to an activating group) is 1. The molecule has 25 heavy (non-hydrogen) atoms. The van der Waals surface area contributed by atoms with Crippen molar-refractivity contribution in [3.05, 3.63) is 59.4 Å². The van der Waals surface area contributed by atoms with E-state index in [2.05, 4.69) is 35.1 Å². The quantitative estimate of drug-likeness (QED) is 0.726. The number of pyridine rings is 1. The first-order valence-electron chi connectivity index (χ1n) is 8.51. The third-order valence-corrected chi connectivity index (χ3v) is 5.01. The lowest BCUT2D eigenvalue weighted by Crippen LogP contribution is -2.12. The van der Waals surface area contributed by atoms with Crippen LogP contribution in [0.2, 0.25) is 0 Å². The highest BCUT2D eigenvalue weighted by molar-refractivity contribution is 5.88. The molecule has 2 aromatic carbocycles. The van der Waals surface area contributed by atoms with Crippen molar-refractivity contribution in [3.8, 4) is 11.5 Å². The van der Waals surface area contributed by atoms with Gasteiger partial charge in [-0.1, -0.05) is 12.1 Å². The fourth-order valence-corrected chi connectivity index (χ4v) is 3.65. The van der Waals surface area contributed by atoms with Gasteiger partial charge in [0.25, 0.3) is 0 Å². The summed E-state index contributed by atoms with van der Waals surface area (Å²) in [6.07, 6.45) is 5.81. The number of hydrogen-bond donors (Lipinski definition) is 0. The van der Waals surface area contributed by atoms with Gasteiger partial charge < -0.3 is 14.4 Å². The molecule has 0 bridgehead atoms. The van der Waals surface area contributed by atoms with E-state index < -0.39 is 0 Å². The SMILES string of the molecule is COc1cc2cncc(Cc3ccc4c(c3)CCN4C)c2cc1OC. The predicted octanol–water partition coefficient (Wildman–Crippen LogP) is 3.84. The second-order valence-corrected chi connectivity index (χ2v) is 6.54. The summed E-state index contributed by atoms with van der Waals surface area (Å²) in [5.41, 5.74) is 5.31. The number of nitrogens with zero attached hydrogens (tertiary/aromatic N) is 2. The van der Waals surface area contributed by atoms with Gasteiger partial charge in [0.2, 0.25) is 0 Å². The molecule has 0 radical (unpaired) electrons. The van der Waals surface area contributed by atoms with Crippen molar-refractivity contribution in [2.75, 3.05) is 32.7 Å². The smallest absolute Gasteiger partial charge is 0.161 e. The van der Waals surface area contributed by atoms with E-state index in [1.165, 1.54) is 22.4 Å². The van der Waals surface area contributed by atoms with Crippen LogP contribution in [0.1, 0.15) is 16.7 Å². The molecule has 4 rings (SSSR count). The molecule has 0 saturated carbocycles. The van der Waals surface area contributed by atoms with Crippen LogP contribution in [0.3, 0.4) is 0 Å². The van der Waals surface area contributed by atoms with Gasteiger partial charge in [-0.3, -0.25) is 4.98 Å². The topological polar surface area (TPSA) is 34.6 Å². The van der Waals surface area contributed by atoms with Crippen LogP contribution in [-0.4, -0.2) is 32.8 Å². The maximum atomic E-state index is 5.47. The number of ether oxygens (including phenoxy) is 2. The number of aromatic nitrogens is 1. The van der Waals surface area contributed by atoms with E-state index in [4.69, 9.17) is 9.47 Å². The van der Waals surface area contributed by atoms with Crippen molar-refractivity contribution in [2.45, 2.75) is 12.8 Å². The summed E-state index contributed by atoms with van der Waals surface area (Å²) in [7, 11) is 5.48. The van der Waals surface area contributed by atoms with E-state index in [-0.39, 0.29) is 0 Å². The zero-order chi connectivity index (χ0) is 17.4. The minimum absolute atomic E-state index is 0.731. The van der Waals surface area contributed by atoms with Gasteiger partial charge in [-0.25, -0.2) is 0 Å². The second-order valence-electron chi connectivity index (χ2n) is 6.54. The molecule has 128 valence electrons. The molecule has 0 atom stereocenters. The molecule has 1 aromatic heterocycles. The number of anilines is 1. The predicted molar refractivity (Wildman–Crippen MR) is 101 cm³/mol. The molecule has 4 nitrogen and oxygen atoms in total. The zero-order valence-electron chi connectivity index (χ0n) is 14.9. The highest BCUT2D eigenvalue weighted by Gasteiger charge is 2.16. The number of rotatable bonds is 4. The molecule has 0 aliphatic carbocycles. The van der Waals surface area contributed by atoms with Gasteiger partial charge >= 0.3 is 0 Å². The molecule has 0 fully saturated rings. The molecule has 1 aliphatic heterocycles. The molecule has 0 spiro atoms. The zero-order valence-corrected chi connectivity index (χ0v) is 14.9. The van der Waals surface area contributed by atoms with Gasteiger partial charge in [0.05, 0.1) is 14.2 Å². The van der Waals surface area contributed by atoms with Crippen LogP contribution in [0.4, 0.5) is 5.69 Å². The summed E-state index contributed by atoms with van der Waals surface area (Å²) in [5, 5.41) is 2.22. The first kappa shape index (κ1) is 15.8. The Hall–Kier alpha value is -2.75. The molecule has 4 heteroatoms. The first-order valence-corrected chi connectivity index (χ1v) is 8.51. The van der Waals surface area contributed by atoms with Crippen molar-refractivity contribution in [2.24, 2.45) is 0 Å². The summed E-state index contributed by atoms with van der Waals surface area (Å²) >= 11 is 0. The molecule has 3 aromatic rings. The lowest BCUT2D eigenvalue weighted by molar-refractivity contribution is 0.356. The Morgan fingerprint density at radius 1 is 1.04 bits per heavy atom.